The van der Waals surface area contributed by atoms with E-state index < -0.39 is 40.8 Å². The summed E-state index contributed by atoms with van der Waals surface area (Å²) < 4.78 is 45.0. The van der Waals surface area contributed by atoms with Gasteiger partial charge >= 0.3 is 15.6 Å². The predicted molar refractivity (Wildman–Crippen MR) is 60.0 cm³/mol. The van der Waals surface area contributed by atoms with E-state index in [1.54, 1.807) is 0 Å². The fourth-order valence-corrected chi connectivity index (χ4v) is 2.48. The summed E-state index contributed by atoms with van der Waals surface area (Å²) in [5, 5.41) is 9.29. The van der Waals surface area contributed by atoms with Crippen molar-refractivity contribution in [2.45, 2.75) is 24.9 Å². The molecule has 1 heterocycles. The minimum Gasteiger partial charge on any atom is -0.368 e. The lowest BCUT2D eigenvalue weighted by Gasteiger charge is -2.20. The molecule has 1 rings (SSSR count). The Kier molecular flexibility index (Phi) is 6.09. The van der Waals surface area contributed by atoms with Crippen LogP contribution in [0.15, 0.2) is 0 Å². The number of aliphatic hydroxyl groups is 1. The van der Waals surface area contributed by atoms with E-state index in [2.05, 4.69) is 13.6 Å². The van der Waals surface area contributed by atoms with Gasteiger partial charge in [-0.1, -0.05) is 0 Å². The number of phosphoric acid groups is 2. The van der Waals surface area contributed by atoms with E-state index in [1.165, 1.54) is 0 Å². The van der Waals surface area contributed by atoms with Crippen LogP contribution < -0.4 is 0 Å². The summed E-state index contributed by atoms with van der Waals surface area (Å²) in [4.78, 5) is 18.2. The van der Waals surface area contributed by atoms with Crippen molar-refractivity contribution in [3.8, 4) is 0 Å². The Labute approximate surface area is 109 Å². The van der Waals surface area contributed by atoms with E-state index >= 15 is 0 Å². The third-order valence-corrected chi connectivity index (χ3v) is 4.25. The highest BCUT2D eigenvalue weighted by Gasteiger charge is 2.41. The van der Waals surface area contributed by atoms with Crippen molar-refractivity contribution in [2.24, 2.45) is 0 Å². The Balaban J connectivity index is 2.60. The maximum atomic E-state index is 11.3. The average molecular weight is 322 g/mol. The third kappa shape index (κ3) is 5.57. The molecule has 12 heteroatoms. The Morgan fingerprint density at radius 2 is 1.79 bits per heavy atom. The minimum absolute atomic E-state index is 0.106. The first-order chi connectivity index (χ1) is 8.69. The highest BCUT2D eigenvalue weighted by molar-refractivity contribution is 7.47. The number of hydrogen-bond acceptors (Lipinski definition) is 8. The highest BCUT2D eigenvalue weighted by Crippen LogP contribution is 2.47. The molecule has 0 radical (unpaired) electrons. The van der Waals surface area contributed by atoms with Crippen LogP contribution in [0.4, 0.5) is 0 Å². The second kappa shape index (κ2) is 6.73. The molecule has 0 aromatic carbocycles. The Hall–Kier alpha value is 0.140. The van der Waals surface area contributed by atoms with Crippen molar-refractivity contribution in [2.75, 3.05) is 20.8 Å². The molecule has 5 atom stereocenters. The zero-order valence-electron chi connectivity index (χ0n) is 10.2. The first kappa shape index (κ1) is 17.2. The van der Waals surface area contributed by atoms with E-state index in [9.17, 15) is 14.2 Å². The third-order valence-electron chi connectivity index (χ3n) is 2.31. The van der Waals surface area contributed by atoms with Crippen LogP contribution in [0.1, 0.15) is 6.42 Å². The van der Waals surface area contributed by atoms with Gasteiger partial charge in [-0.25, -0.2) is 9.13 Å². The van der Waals surface area contributed by atoms with Gasteiger partial charge in [-0.05, 0) is 0 Å². The zero-order chi connectivity index (χ0) is 14.7. The maximum Gasteiger partial charge on any atom is 0.472 e. The first-order valence-electron chi connectivity index (χ1n) is 5.12. The predicted octanol–water partition coefficient (Wildman–Crippen LogP) is -0.0109. The molecule has 19 heavy (non-hydrogen) atoms. The fraction of sp³-hybridized carbons (Fsp3) is 1.00. The summed E-state index contributed by atoms with van der Waals surface area (Å²) in [6.07, 6.45) is -3.38. The van der Waals surface area contributed by atoms with E-state index in [0.29, 0.717) is 0 Å². The number of aliphatic hydroxyl groups excluding tert-OH is 1. The van der Waals surface area contributed by atoms with Crippen LogP contribution in [0.2, 0.25) is 0 Å². The normalized spacial score (nSPS) is 33.8. The van der Waals surface area contributed by atoms with Gasteiger partial charge < -0.3 is 19.6 Å². The Bertz CT molecular complexity index is 386. The lowest BCUT2D eigenvalue weighted by Crippen LogP contribution is -2.28. The molecule has 0 aromatic heterocycles. The quantitative estimate of drug-likeness (QED) is 0.548. The molecule has 114 valence electrons. The summed E-state index contributed by atoms with van der Waals surface area (Å²) in [5.41, 5.74) is 0. The van der Waals surface area contributed by atoms with Crippen molar-refractivity contribution < 1.29 is 46.9 Å². The lowest BCUT2D eigenvalue weighted by atomic mass is 10.2. The number of phosphoric ester groups is 2. The zero-order valence-corrected chi connectivity index (χ0v) is 12.0. The van der Waals surface area contributed by atoms with Gasteiger partial charge in [0.05, 0.1) is 6.61 Å². The standard InChI is InChI=1S/C7H16O10P2/c1-13-18(9,10)15-4-6-5(3-7(8)16-6)17-19(11,12)14-2/h5-8H,3-4H2,1-2H3,(H,9,10)(H,11,12)/t5-,6-,7?/m1/s1. The molecule has 3 N–H and O–H groups in total. The van der Waals surface area contributed by atoms with Gasteiger partial charge in [0.2, 0.25) is 0 Å². The SMILES string of the molecule is COP(=O)(O)OC[C@H]1OC(O)C[C@H]1OP(=O)(O)OC. The van der Waals surface area contributed by atoms with Crippen LogP contribution >= 0.6 is 15.6 Å². The van der Waals surface area contributed by atoms with Gasteiger partial charge in [0.1, 0.15) is 12.2 Å². The van der Waals surface area contributed by atoms with Crippen LogP contribution in [0.3, 0.4) is 0 Å². The van der Waals surface area contributed by atoms with Crippen molar-refractivity contribution in [1.82, 2.24) is 0 Å². The summed E-state index contributed by atoms with van der Waals surface area (Å²) in [6.45, 7) is -0.465. The van der Waals surface area contributed by atoms with Gasteiger partial charge in [-0.2, -0.15) is 0 Å². The van der Waals surface area contributed by atoms with Gasteiger partial charge in [0.25, 0.3) is 0 Å². The van der Waals surface area contributed by atoms with Gasteiger partial charge in [0, 0.05) is 20.6 Å². The summed E-state index contributed by atoms with van der Waals surface area (Å²) in [7, 11) is -6.52. The molecule has 1 aliphatic rings. The van der Waals surface area contributed by atoms with Crippen LogP contribution in [-0.2, 0) is 32.0 Å². The molecular weight excluding hydrogens is 306 g/mol. The van der Waals surface area contributed by atoms with Crippen LogP contribution in [0.25, 0.3) is 0 Å². The molecule has 3 unspecified atom stereocenters. The largest absolute Gasteiger partial charge is 0.472 e. The van der Waals surface area contributed by atoms with Crippen LogP contribution in [0.5, 0.6) is 0 Å². The minimum atomic E-state index is -4.27. The number of hydrogen-bond donors (Lipinski definition) is 3. The number of ether oxygens (including phenoxy) is 1. The Morgan fingerprint density at radius 1 is 1.21 bits per heavy atom. The topological polar surface area (TPSA) is 141 Å². The van der Waals surface area contributed by atoms with Crippen molar-refractivity contribution in [3.05, 3.63) is 0 Å². The van der Waals surface area contributed by atoms with Crippen LogP contribution in [0, 0.1) is 0 Å². The van der Waals surface area contributed by atoms with Crippen molar-refractivity contribution in [3.63, 3.8) is 0 Å². The fourth-order valence-electron chi connectivity index (χ4n) is 1.39. The molecule has 1 aliphatic heterocycles. The first-order valence-corrected chi connectivity index (χ1v) is 8.11. The summed E-state index contributed by atoms with van der Waals surface area (Å²) in [5.74, 6) is 0. The molecule has 0 aromatic rings. The molecule has 1 fully saturated rings. The van der Waals surface area contributed by atoms with E-state index in [4.69, 9.17) is 19.0 Å². The van der Waals surface area contributed by atoms with Crippen LogP contribution in [-0.4, -0.2) is 54.2 Å². The lowest BCUT2D eigenvalue weighted by molar-refractivity contribution is -0.106. The molecule has 10 nitrogen and oxygen atoms in total. The second-order valence-corrected chi connectivity index (χ2v) is 6.68. The molecule has 1 saturated heterocycles. The smallest absolute Gasteiger partial charge is 0.368 e. The van der Waals surface area contributed by atoms with E-state index in [0.717, 1.165) is 14.2 Å². The average Bonchev–Trinajstić information content (AvgIpc) is 2.66. The summed E-state index contributed by atoms with van der Waals surface area (Å²) in [6, 6.07) is 0. The number of rotatable bonds is 7. The highest BCUT2D eigenvalue weighted by atomic mass is 31.2. The van der Waals surface area contributed by atoms with Gasteiger partial charge in [-0.3, -0.25) is 18.1 Å². The second-order valence-electron chi connectivity index (χ2n) is 3.61. The molecule has 0 saturated carbocycles. The van der Waals surface area contributed by atoms with Gasteiger partial charge in [-0.15, -0.1) is 0 Å². The van der Waals surface area contributed by atoms with Gasteiger partial charge in [0.15, 0.2) is 6.29 Å². The molecular formula is C7H16O10P2. The van der Waals surface area contributed by atoms with E-state index in [-0.39, 0.29) is 6.42 Å². The van der Waals surface area contributed by atoms with Crippen molar-refractivity contribution in [1.29, 1.82) is 0 Å². The summed E-state index contributed by atoms with van der Waals surface area (Å²) >= 11 is 0. The maximum absolute atomic E-state index is 11.3. The van der Waals surface area contributed by atoms with Crippen molar-refractivity contribution >= 4 is 15.6 Å². The van der Waals surface area contributed by atoms with E-state index in [1.807, 2.05) is 0 Å². The molecule has 0 bridgehead atoms. The molecule has 0 spiro atoms. The Morgan fingerprint density at radius 3 is 2.32 bits per heavy atom. The monoisotopic (exact) mass is 322 g/mol. The molecule has 0 aliphatic carbocycles. The molecule has 0 amide bonds.